The van der Waals surface area contributed by atoms with Gasteiger partial charge >= 0.3 is 5.97 Å². The van der Waals surface area contributed by atoms with Crippen LogP contribution in [0.5, 0.6) is 0 Å². The quantitative estimate of drug-likeness (QED) is 0.336. The molecule has 0 spiro atoms. The van der Waals surface area contributed by atoms with E-state index in [2.05, 4.69) is 10.3 Å². The fraction of sp³-hybridized carbons (Fsp3) is 0.214. The number of esters is 1. The first-order chi connectivity index (χ1) is 17.9. The van der Waals surface area contributed by atoms with Gasteiger partial charge in [-0.05, 0) is 42.3 Å². The second kappa shape index (κ2) is 10.3. The second-order valence-corrected chi connectivity index (χ2v) is 9.44. The molecule has 1 aromatic heterocycles. The minimum atomic E-state index is -0.760. The number of carbonyl (C=O) groups excluding carboxylic acids is 2. The predicted octanol–water partition coefficient (Wildman–Crippen LogP) is 5.31. The number of H-pyrrole nitrogens is 1. The molecule has 0 radical (unpaired) electrons. The van der Waals surface area contributed by atoms with Crippen LogP contribution in [0.25, 0.3) is 22.0 Å². The summed E-state index contributed by atoms with van der Waals surface area (Å²) >= 11 is 6.25. The lowest BCUT2D eigenvalue weighted by Gasteiger charge is -2.22. The van der Waals surface area contributed by atoms with Crippen LogP contribution < -0.4 is 5.32 Å². The Balaban J connectivity index is 1.43. The highest BCUT2D eigenvalue weighted by Gasteiger charge is 2.39. The molecular formula is C28H24ClF2N3O3. The van der Waals surface area contributed by atoms with Crippen molar-refractivity contribution in [2.75, 3.05) is 13.7 Å². The third kappa shape index (κ3) is 4.95. The van der Waals surface area contributed by atoms with E-state index in [1.54, 1.807) is 17.0 Å². The molecule has 1 amide bonds. The van der Waals surface area contributed by atoms with Crippen LogP contribution in [-0.4, -0.2) is 47.5 Å². The van der Waals surface area contributed by atoms with Crippen molar-refractivity contribution < 1.29 is 23.1 Å². The van der Waals surface area contributed by atoms with Crippen LogP contribution in [0.3, 0.4) is 0 Å². The number of halogens is 3. The minimum Gasteiger partial charge on any atom is -0.468 e. The van der Waals surface area contributed by atoms with Crippen molar-refractivity contribution in [2.24, 2.45) is 0 Å². The molecule has 37 heavy (non-hydrogen) atoms. The number of hydrogen-bond donors (Lipinski definition) is 2. The summed E-state index contributed by atoms with van der Waals surface area (Å²) in [6.45, 7) is 0.0802. The molecule has 6 nitrogen and oxygen atoms in total. The number of amides is 1. The number of rotatable bonds is 6. The van der Waals surface area contributed by atoms with E-state index in [1.807, 2.05) is 36.4 Å². The van der Waals surface area contributed by atoms with Crippen molar-refractivity contribution in [1.82, 2.24) is 15.2 Å². The SMILES string of the molecule is COC(=O)[C@@H]1C[C@@H](NC(=O)c2[nH]c3ccc(Cl)cc3c2-c2ccccc2)CN1Cc1c(F)cccc1F. The fourth-order valence-corrected chi connectivity index (χ4v) is 5.12. The van der Waals surface area contributed by atoms with Crippen molar-refractivity contribution in [3.05, 3.63) is 94.6 Å². The summed E-state index contributed by atoms with van der Waals surface area (Å²) in [5, 5.41) is 4.34. The average molecular weight is 524 g/mol. The summed E-state index contributed by atoms with van der Waals surface area (Å²) < 4.78 is 33.6. The molecule has 4 aromatic rings. The number of benzene rings is 3. The van der Waals surface area contributed by atoms with Crippen molar-refractivity contribution in [3.63, 3.8) is 0 Å². The van der Waals surface area contributed by atoms with E-state index in [-0.39, 0.29) is 31.0 Å². The van der Waals surface area contributed by atoms with Gasteiger partial charge in [0.15, 0.2) is 0 Å². The number of methoxy groups -OCH3 is 1. The number of fused-ring (bicyclic) bond motifs is 1. The number of carbonyl (C=O) groups is 2. The smallest absolute Gasteiger partial charge is 0.323 e. The highest BCUT2D eigenvalue weighted by Crippen LogP contribution is 2.34. The van der Waals surface area contributed by atoms with E-state index < -0.39 is 29.7 Å². The molecule has 1 fully saturated rings. The second-order valence-electron chi connectivity index (χ2n) is 9.01. The lowest BCUT2D eigenvalue weighted by atomic mass is 10.0. The van der Waals surface area contributed by atoms with Gasteiger partial charge in [0.2, 0.25) is 0 Å². The van der Waals surface area contributed by atoms with Gasteiger partial charge in [-0.1, -0.05) is 48.0 Å². The zero-order valence-corrected chi connectivity index (χ0v) is 20.7. The Morgan fingerprint density at radius 1 is 1.08 bits per heavy atom. The molecule has 0 saturated carbocycles. The maximum Gasteiger partial charge on any atom is 0.323 e. The van der Waals surface area contributed by atoms with Crippen molar-refractivity contribution in [2.45, 2.75) is 25.0 Å². The summed E-state index contributed by atoms with van der Waals surface area (Å²) in [6, 6.07) is 17.3. The Hall–Kier alpha value is -3.75. The number of ether oxygens (including phenoxy) is 1. The normalized spacial score (nSPS) is 17.7. The van der Waals surface area contributed by atoms with Gasteiger partial charge in [-0.25, -0.2) is 8.78 Å². The summed E-state index contributed by atoms with van der Waals surface area (Å²) in [6.07, 6.45) is 0.237. The Labute approximate surface area is 217 Å². The van der Waals surface area contributed by atoms with Gasteiger partial charge in [-0.3, -0.25) is 14.5 Å². The molecule has 1 aliphatic rings. The average Bonchev–Trinajstić information content (AvgIpc) is 3.47. The molecular weight excluding hydrogens is 500 g/mol. The molecule has 2 N–H and O–H groups in total. The highest BCUT2D eigenvalue weighted by atomic mass is 35.5. The third-order valence-electron chi connectivity index (χ3n) is 6.68. The van der Waals surface area contributed by atoms with Crippen molar-refractivity contribution in [1.29, 1.82) is 0 Å². The van der Waals surface area contributed by atoms with Gasteiger partial charge in [0.1, 0.15) is 23.4 Å². The monoisotopic (exact) mass is 523 g/mol. The number of nitrogens with zero attached hydrogens (tertiary/aromatic N) is 1. The number of hydrogen-bond acceptors (Lipinski definition) is 4. The van der Waals surface area contributed by atoms with E-state index in [9.17, 15) is 18.4 Å². The van der Waals surface area contributed by atoms with Gasteiger partial charge in [0.25, 0.3) is 5.91 Å². The summed E-state index contributed by atoms with van der Waals surface area (Å²) in [4.78, 5) is 30.9. The first-order valence-corrected chi connectivity index (χ1v) is 12.2. The molecule has 9 heteroatoms. The van der Waals surface area contributed by atoms with Crippen molar-refractivity contribution in [3.8, 4) is 11.1 Å². The lowest BCUT2D eigenvalue weighted by molar-refractivity contribution is -0.146. The van der Waals surface area contributed by atoms with Crippen LogP contribution in [0.2, 0.25) is 5.02 Å². The topological polar surface area (TPSA) is 74.4 Å². The Bertz CT molecular complexity index is 1450. The Morgan fingerprint density at radius 3 is 2.51 bits per heavy atom. The maximum atomic E-state index is 14.3. The van der Waals surface area contributed by atoms with E-state index in [1.165, 1.54) is 25.3 Å². The van der Waals surface area contributed by atoms with Crippen LogP contribution in [0.15, 0.2) is 66.7 Å². The van der Waals surface area contributed by atoms with Gasteiger partial charge in [0, 0.05) is 46.2 Å². The molecule has 1 saturated heterocycles. The summed E-state index contributed by atoms with van der Waals surface area (Å²) in [5.41, 5.74) is 2.53. The molecule has 5 rings (SSSR count). The summed E-state index contributed by atoms with van der Waals surface area (Å²) in [7, 11) is 1.26. The lowest BCUT2D eigenvalue weighted by Crippen LogP contribution is -2.38. The highest BCUT2D eigenvalue weighted by molar-refractivity contribution is 6.31. The Morgan fingerprint density at radius 2 is 1.81 bits per heavy atom. The zero-order chi connectivity index (χ0) is 26.1. The molecule has 2 atom stereocenters. The Kier molecular flexibility index (Phi) is 6.95. The molecule has 190 valence electrons. The zero-order valence-electron chi connectivity index (χ0n) is 19.9. The molecule has 2 heterocycles. The third-order valence-corrected chi connectivity index (χ3v) is 6.92. The molecule has 1 aliphatic heterocycles. The summed E-state index contributed by atoms with van der Waals surface area (Å²) in [5.74, 6) is -2.28. The first kappa shape index (κ1) is 24.9. The van der Waals surface area contributed by atoms with Gasteiger partial charge in [-0.2, -0.15) is 0 Å². The van der Waals surface area contributed by atoms with E-state index in [4.69, 9.17) is 16.3 Å². The number of aromatic amines is 1. The minimum absolute atomic E-state index is 0.134. The van der Waals surface area contributed by atoms with Gasteiger partial charge < -0.3 is 15.0 Å². The molecule has 0 unspecified atom stereocenters. The molecule has 0 aliphatic carbocycles. The predicted molar refractivity (Wildman–Crippen MR) is 137 cm³/mol. The van der Waals surface area contributed by atoms with E-state index in [0.29, 0.717) is 16.3 Å². The van der Waals surface area contributed by atoms with Crippen LogP contribution in [-0.2, 0) is 16.1 Å². The fourth-order valence-electron chi connectivity index (χ4n) is 4.95. The molecule has 0 bridgehead atoms. The number of nitrogens with one attached hydrogen (secondary N) is 2. The van der Waals surface area contributed by atoms with Gasteiger partial charge in [-0.15, -0.1) is 0 Å². The van der Waals surface area contributed by atoms with Crippen LogP contribution in [0.1, 0.15) is 22.5 Å². The van der Waals surface area contributed by atoms with Crippen LogP contribution in [0, 0.1) is 11.6 Å². The first-order valence-electron chi connectivity index (χ1n) is 11.8. The number of aromatic nitrogens is 1. The largest absolute Gasteiger partial charge is 0.468 e. The maximum absolute atomic E-state index is 14.3. The van der Waals surface area contributed by atoms with Crippen LogP contribution in [0.4, 0.5) is 8.78 Å². The van der Waals surface area contributed by atoms with Crippen LogP contribution >= 0.6 is 11.6 Å². The van der Waals surface area contributed by atoms with Gasteiger partial charge in [0.05, 0.1) is 7.11 Å². The van der Waals surface area contributed by atoms with E-state index >= 15 is 0 Å². The van der Waals surface area contributed by atoms with Crippen molar-refractivity contribution >= 4 is 34.4 Å². The van der Waals surface area contributed by atoms with E-state index in [0.717, 1.165) is 16.5 Å². The number of likely N-dealkylation sites (tertiary alicyclic amines) is 1. The standard InChI is InChI=1S/C28H24ClF2N3O3/c1-37-28(36)24-13-18(14-34(24)15-20-21(30)8-5-9-22(20)31)32-27(35)26-25(16-6-3-2-4-7-16)19-12-17(29)10-11-23(19)33-26/h2-12,18,24,33H,13-15H2,1H3,(H,32,35)/t18-,24+/m1/s1. The molecule has 3 aromatic carbocycles.